The van der Waals surface area contributed by atoms with E-state index in [0.717, 1.165) is 17.5 Å². The highest BCUT2D eigenvalue weighted by Gasteiger charge is 2.48. The van der Waals surface area contributed by atoms with E-state index < -0.39 is 23.8 Å². The lowest BCUT2D eigenvalue weighted by atomic mass is 9.99. The number of phenols is 1. The van der Waals surface area contributed by atoms with Crippen molar-refractivity contribution in [3.8, 4) is 5.75 Å². The minimum atomic E-state index is -0.984. The van der Waals surface area contributed by atoms with Crippen molar-refractivity contribution in [1.29, 1.82) is 0 Å². The predicted molar refractivity (Wildman–Crippen MR) is 147 cm³/mol. The molecule has 0 aliphatic heterocycles. The molecule has 38 heavy (non-hydrogen) atoms. The maximum Gasteiger partial charge on any atom is 0.408 e. The fourth-order valence-corrected chi connectivity index (χ4v) is 4.42. The van der Waals surface area contributed by atoms with Crippen molar-refractivity contribution in [2.45, 2.75) is 91.1 Å². The van der Waals surface area contributed by atoms with Gasteiger partial charge < -0.3 is 25.4 Å². The van der Waals surface area contributed by atoms with Crippen LogP contribution in [0, 0.1) is 12.8 Å². The molecule has 0 saturated heterocycles. The van der Waals surface area contributed by atoms with Crippen LogP contribution >= 0.6 is 0 Å². The summed E-state index contributed by atoms with van der Waals surface area (Å²) in [5, 5.41) is 15.5. The van der Waals surface area contributed by atoms with Gasteiger partial charge in [0, 0.05) is 18.5 Å². The average molecular weight is 524 g/mol. The molecule has 1 saturated carbocycles. The number of amides is 3. The number of aryl methyl sites for hydroxylation is 1. The normalized spacial score (nSPS) is 18.3. The minimum absolute atomic E-state index is 0.106. The molecular formula is C30H41N3O5. The molecule has 0 spiro atoms. The molecule has 1 aliphatic carbocycles. The largest absolute Gasteiger partial charge is 0.508 e. The number of alkyl carbamates (subject to hydrolysis) is 1. The Kier molecular flexibility index (Phi) is 9.07. The van der Waals surface area contributed by atoms with Crippen LogP contribution in [0.2, 0.25) is 0 Å². The summed E-state index contributed by atoms with van der Waals surface area (Å²) in [6.07, 6.45) is 0.223. The highest BCUT2D eigenvalue weighted by Crippen LogP contribution is 2.41. The third-order valence-electron chi connectivity index (χ3n) is 6.39. The summed E-state index contributed by atoms with van der Waals surface area (Å²) in [5.74, 6) is -0.302. The van der Waals surface area contributed by atoms with Crippen LogP contribution in [0.15, 0.2) is 48.5 Å². The maximum atomic E-state index is 14.3. The molecule has 2 aromatic rings. The van der Waals surface area contributed by atoms with Crippen molar-refractivity contribution in [2.24, 2.45) is 5.92 Å². The number of carbonyl (C=O) groups is 3. The Bertz CT molecular complexity index is 1120. The Morgan fingerprint density at radius 2 is 1.61 bits per heavy atom. The summed E-state index contributed by atoms with van der Waals surface area (Å²) in [6, 6.07) is 12.0. The van der Waals surface area contributed by atoms with Crippen molar-refractivity contribution in [1.82, 2.24) is 15.5 Å². The molecule has 1 aliphatic rings. The summed E-state index contributed by atoms with van der Waals surface area (Å²) in [5.41, 5.74) is 1.76. The monoisotopic (exact) mass is 523 g/mol. The van der Waals surface area contributed by atoms with Gasteiger partial charge in [-0.15, -0.1) is 0 Å². The molecule has 1 fully saturated rings. The number of carbonyl (C=O) groups excluding carboxylic acids is 3. The topological polar surface area (TPSA) is 108 Å². The molecule has 0 heterocycles. The zero-order valence-corrected chi connectivity index (χ0v) is 23.4. The lowest BCUT2D eigenvalue weighted by Crippen LogP contribution is -2.55. The van der Waals surface area contributed by atoms with Crippen LogP contribution in [-0.2, 0) is 20.7 Å². The van der Waals surface area contributed by atoms with Crippen molar-refractivity contribution in [2.75, 3.05) is 0 Å². The molecule has 2 aromatic carbocycles. The molecule has 3 rings (SSSR count). The van der Waals surface area contributed by atoms with Gasteiger partial charge in [0.1, 0.15) is 23.4 Å². The van der Waals surface area contributed by atoms with Crippen molar-refractivity contribution in [3.05, 3.63) is 65.2 Å². The molecule has 0 bridgehead atoms. The van der Waals surface area contributed by atoms with Gasteiger partial charge in [-0.2, -0.15) is 0 Å². The van der Waals surface area contributed by atoms with Gasteiger partial charge in [0.15, 0.2) is 0 Å². The summed E-state index contributed by atoms with van der Waals surface area (Å²) >= 11 is 0. The van der Waals surface area contributed by atoms with Crippen LogP contribution in [-0.4, -0.2) is 51.6 Å². The fourth-order valence-electron chi connectivity index (χ4n) is 4.42. The van der Waals surface area contributed by atoms with Crippen LogP contribution in [0.3, 0.4) is 0 Å². The van der Waals surface area contributed by atoms with Crippen LogP contribution < -0.4 is 10.6 Å². The van der Waals surface area contributed by atoms with Gasteiger partial charge in [0.25, 0.3) is 0 Å². The van der Waals surface area contributed by atoms with E-state index >= 15 is 0 Å². The Hall–Kier alpha value is -3.55. The minimum Gasteiger partial charge on any atom is -0.508 e. The van der Waals surface area contributed by atoms with Gasteiger partial charge >= 0.3 is 6.09 Å². The first-order valence-electron chi connectivity index (χ1n) is 13.2. The Labute approximate surface area is 225 Å². The molecule has 206 valence electrons. The van der Waals surface area contributed by atoms with Crippen LogP contribution in [0.4, 0.5) is 4.79 Å². The molecular weight excluding hydrogens is 482 g/mol. The molecule has 4 atom stereocenters. The van der Waals surface area contributed by atoms with Gasteiger partial charge in [0.2, 0.25) is 11.8 Å². The van der Waals surface area contributed by atoms with E-state index in [4.69, 9.17) is 4.74 Å². The number of aromatic hydroxyl groups is 1. The van der Waals surface area contributed by atoms with Crippen LogP contribution in [0.1, 0.15) is 70.7 Å². The van der Waals surface area contributed by atoms with Gasteiger partial charge in [-0.25, -0.2) is 4.79 Å². The summed E-state index contributed by atoms with van der Waals surface area (Å²) in [4.78, 5) is 42.4. The van der Waals surface area contributed by atoms with E-state index in [-0.39, 0.29) is 42.0 Å². The third-order valence-corrected chi connectivity index (χ3v) is 6.39. The number of ether oxygens (including phenoxy) is 1. The van der Waals surface area contributed by atoms with E-state index in [0.29, 0.717) is 5.56 Å². The average Bonchev–Trinajstić information content (AvgIpc) is 3.52. The lowest BCUT2D eigenvalue weighted by Gasteiger charge is -2.35. The molecule has 3 amide bonds. The van der Waals surface area contributed by atoms with Gasteiger partial charge in [-0.05, 0) is 77.1 Å². The summed E-state index contributed by atoms with van der Waals surface area (Å²) < 4.78 is 5.47. The van der Waals surface area contributed by atoms with E-state index in [1.807, 2.05) is 52.0 Å². The number of rotatable bonds is 9. The second-order valence-electron chi connectivity index (χ2n) is 11.6. The van der Waals surface area contributed by atoms with Gasteiger partial charge in [0.05, 0.1) is 0 Å². The van der Waals surface area contributed by atoms with E-state index in [1.54, 1.807) is 37.8 Å². The van der Waals surface area contributed by atoms with E-state index in [9.17, 15) is 19.5 Å². The first-order valence-corrected chi connectivity index (χ1v) is 13.2. The zero-order valence-electron chi connectivity index (χ0n) is 23.4. The Balaban J connectivity index is 2.03. The number of hydrogen-bond donors (Lipinski definition) is 3. The second-order valence-corrected chi connectivity index (χ2v) is 11.6. The van der Waals surface area contributed by atoms with Crippen molar-refractivity contribution >= 4 is 17.9 Å². The first-order chi connectivity index (χ1) is 17.7. The van der Waals surface area contributed by atoms with Gasteiger partial charge in [-0.1, -0.05) is 48.9 Å². The zero-order chi connectivity index (χ0) is 28.2. The summed E-state index contributed by atoms with van der Waals surface area (Å²) in [6.45, 7) is 13.0. The van der Waals surface area contributed by atoms with E-state index in [2.05, 4.69) is 10.6 Å². The number of benzene rings is 2. The number of nitrogens with one attached hydrogen (secondary N) is 2. The molecule has 8 heteroatoms. The Morgan fingerprint density at radius 3 is 2.11 bits per heavy atom. The standard InChI is InChI=1S/C30H41N3O5/c1-18(2)31-27(35)26(22-12-8-19(3)9-13-22)33(25-16-20(25)4)28(36)24(32-29(37)38-30(5,6)7)17-21-10-14-23(34)15-11-21/h8-15,18,20,24-26,34H,16-17H2,1-7H3,(H,31,35)(H,32,37). The quantitative estimate of drug-likeness (QED) is 0.444. The Morgan fingerprint density at radius 1 is 1.03 bits per heavy atom. The number of hydrogen-bond acceptors (Lipinski definition) is 5. The highest BCUT2D eigenvalue weighted by atomic mass is 16.6. The molecule has 4 unspecified atom stereocenters. The van der Waals surface area contributed by atoms with Gasteiger partial charge in [-0.3, -0.25) is 9.59 Å². The molecule has 0 radical (unpaired) electrons. The number of phenolic OH excluding ortho intramolecular Hbond substituents is 1. The first kappa shape index (κ1) is 29.0. The predicted octanol–water partition coefficient (Wildman–Crippen LogP) is 4.64. The lowest BCUT2D eigenvalue weighted by molar-refractivity contribution is -0.143. The van der Waals surface area contributed by atoms with Crippen LogP contribution in [0.25, 0.3) is 0 Å². The number of nitrogens with zero attached hydrogens (tertiary/aromatic N) is 1. The van der Waals surface area contributed by atoms with Crippen molar-refractivity contribution in [3.63, 3.8) is 0 Å². The highest BCUT2D eigenvalue weighted by molar-refractivity contribution is 5.93. The smallest absolute Gasteiger partial charge is 0.408 e. The second kappa shape index (κ2) is 11.9. The third kappa shape index (κ3) is 7.97. The summed E-state index contributed by atoms with van der Waals surface area (Å²) in [7, 11) is 0. The molecule has 0 aromatic heterocycles. The maximum absolute atomic E-state index is 14.3. The van der Waals surface area contributed by atoms with Crippen LogP contribution in [0.5, 0.6) is 5.75 Å². The van der Waals surface area contributed by atoms with Crippen molar-refractivity contribution < 1.29 is 24.2 Å². The fraction of sp³-hybridized carbons (Fsp3) is 0.500. The SMILES string of the molecule is Cc1ccc(C(C(=O)NC(C)C)N(C(=O)C(Cc2ccc(O)cc2)NC(=O)OC(C)(C)C)C2CC2C)cc1. The molecule has 3 N–H and O–H groups in total. The van der Waals surface area contributed by atoms with E-state index in [1.165, 1.54) is 12.1 Å². The molecule has 8 nitrogen and oxygen atoms in total.